The Hall–Kier alpha value is 8.41. The molecule has 0 N–H and O–H groups in total. The Kier molecular flexibility index (Phi) is 523. The fourth-order valence-corrected chi connectivity index (χ4v) is 0. The van der Waals surface area contributed by atoms with Crippen molar-refractivity contribution in [2.45, 2.75) is 0 Å². The third-order valence-electron chi connectivity index (χ3n) is 0. The maximum Gasteiger partial charge on any atom is 3.00 e. The van der Waals surface area contributed by atoms with Crippen LogP contribution in [0.3, 0.4) is 0 Å². The van der Waals surface area contributed by atoms with Crippen molar-refractivity contribution in [1.29, 1.82) is 0 Å². The summed E-state index contributed by atoms with van der Waals surface area (Å²) in [5.41, 5.74) is 0. The van der Waals surface area contributed by atoms with Crippen LogP contribution in [0.1, 0.15) is 0 Å². The predicted molar refractivity (Wildman–Crippen MR) is 0 cm³/mol. The van der Waals surface area contributed by atoms with E-state index in [0.717, 1.165) is 0 Å². The monoisotopic (exact) mass is 693 g/mol. The predicted octanol–water partition coefficient (Wildman–Crippen LogP) is -27.0. The summed E-state index contributed by atoms with van der Waals surface area (Å²) in [6.45, 7) is 0. The number of halogens is 6. The summed E-state index contributed by atoms with van der Waals surface area (Å²) in [5, 5.41) is 0. The molecule has 0 heterocycles. The zero-order valence-electron chi connectivity index (χ0n) is 5.60. The van der Waals surface area contributed by atoms with Crippen LogP contribution in [0.5, 0.6) is 0 Å². The zero-order valence-corrected chi connectivity index (χ0v) is 26.1. The van der Waals surface area contributed by atoms with E-state index in [0.29, 0.717) is 0 Å². The maximum absolute atomic E-state index is 0. The molecule has 0 aliphatic carbocycles. The van der Waals surface area contributed by atoms with Crippen LogP contribution < -0.4 is 256 Å². The molecule has 10 heteroatoms. The fourth-order valence-electron chi connectivity index (χ4n) is 0. The van der Waals surface area contributed by atoms with Crippen LogP contribution >= 0.6 is 0 Å². The van der Waals surface area contributed by atoms with Gasteiger partial charge >= 0.3 is 174 Å². The number of rotatable bonds is 0. The molecule has 0 aliphatic heterocycles. The van der Waals surface area contributed by atoms with Gasteiger partial charge in [-0.05, 0) is 0 Å². The van der Waals surface area contributed by atoms with E-state index in [1.807, 2.05) is 0 Å². The van der Waals surface area contributed by atoms with Crippen molar-refractivity contribution >= 4 is 0 Å². The Balaban J connectivity index is 0. The quantitative estimate of drug-likeness (QED) is 0.221. The SMILES string of the molecule is [Br-].[Br-].[Br-].[Br-].[Br-].[Br-].[K+].[K+].[K+].[Rh+3]. The molecule has 0 amide bonds. The van der Waals surface area contributed by atoms with Gasteiger partial charge in [-0.1, -0.05) is 0 Å². The minimum atomic E-state index is 0. The van der Waals surface area contributed by atoms with Gasteiger partial charge in [-0.15, -0.1) is 0 Å². The second-order valence-electron chi connectivity index (χ2n) is 0. The average molecular weight is 700 g/mol. The van der Waals surface area contributed by atoms with E-state index in [4.69, 9.17) is 0 Å². The number of hydrogen-bond donors (Lipinski definition) is 0. The van der Waals surface area contributed by atoms with Crippen LogP contribution in [0.15, 0.2) is 0 Å². The molecule has 0 saturated heterocycles. The first-order chi connectivity index (χ1) is 0. The Bertz CT molecular complexity index is 13.0. The van der Waals surface area contributed by atoms with E-state index in [9.17, 15) is 0 Å². The van der Waals surface area contributed by atoms with Crippen molar-refractivity contribution in [1.82, 2.24) is 0 Å². The molecule has 0 unspecified atom stereocenters. The minimum absolute atomic E-state index is 0. The van der Waals surface area contributed by atoms with E-state index in [1.165, 1.54) is 0 Å². The standard InChI is InChI=1S/6BrH.3K.Rh/h6*1H;;;;/q;;;;;;3*+1;+3/p-6. The van der Waals surface area contributed by atoms with Gasteiger partial charge in [0, 0.05) is 0 Å². The van der Waals surface area contributed by atoms with E-state index in [2.05, 4.69) is 0 Å². The molecule has 0 fully saturated rings. The topological polar surface area (TPSA) is 0 Å². The Labute approximate surface area is 266 Å². The van der Waals surface area contributed by atoms with Crippen LogP contribution in [0.4, 0.5) is 0 Å². The minimum Gasteiger partial charge on any atom is -1.00 e. The molecule has 0 aromatic heterocycles. The van der Waals surface area contributed by atoms with Gasteiger partial charge in [-0.3, -0.25) is 0 Å². The van der Waals surface area contributed by atoms with E-state index < -0.39 is 0 Å². The summed E-state index contributed by atoms with van der Waals surface area (Å²) < 4.78 is 0. The van der Waals surface area contributed by atoms with E-state index in [-0.39, 0.29) is 276 Å². The summed E-state index contributed by atoms with van der Waals surface area (Å²) >= 11 is 0. The molecule has 0 spiro atoms. The van der Waals surface area contributed by atoms with Crippen LogP contribution in [-0.2, 0) is 19.5 Å². The van der Waals surface area contributed by atoms with Crippen molar-refractivity contribution in [3.63, 3.8) is 0 Å². The van der Waals surface area contributed by atoms with Gasteiger partial charge in [0.05, 0.1) is 0 Å². The van der Waals surface area contributed by atoms with Crippen molar-refractivity contribution in [3.8, 4) is 0 Å². The molecule has 0 bridgehead atoms. The molecule has 0 radical (unpaired) electrons. The third kappa shape index (κ3) is 55.1. The summed E-state index contributed by atoms with van der Waals surface area (Å²) in [6, 6.07) is 0. The first kappa shape index (κ1) is 78.9. The van der Waals surface area contributed by atoms with Crippen molar-refractivity contribution in [2.24, 2.45) is 0 Å². The third-order valence-corrected chi connectivity index (χ3v) is 0. The van der Waals surface area contributed by atoms with Crippen LogP contribution in [0.25, 0.3) is 0 Å². The molecule has 0 saturated carbocycles. The second kappa shape index (κ2) is 66.3. The Morgan fingerprint density at radius 1 is 0.300 bits per heavy atom. The molecule has 0 rings (SSSR count). The summed E-state index contributed by atoms with van der Waals surface area (Å²) in [4.78, 5) is 0. The van der Waals surface area contributed by atoms with Crippen molar-refractivity contribution in [3.05, 3.63) is 0 Å². The largest absolute Gasteiger partial charge is 3.00 e. The van der Waals surface area contributed by atoms with Gasteiger partial charge in [-0.2, -0.15) is 0 Å². The molecular formula is Br6K3Rh. The van der Waals surface area contributed by atoms with Gasteiger partial charge in [0.15, 0.2) is 0 Å². The zero-order chi connectivity index (χ0) is 0. The Morgan fingerprint density at radius 3 is 0.300 bits per heavy atom. The normalized spacial score (nSPS) is 0. The maximum atomic E-state index is 0. The summed E-state index contributed by atoms with van der Waals surface area (Å²) in [5.74, 6) is 0. The van der Waals surface area contributed by atoms with Gasteiger partial charge in [0.25, 0.3) is 0 Å². The molecular weight excluding hydrogens is 700 g/mol. The Morgan fingerprint density at radius 2 is 0.300 bits per heavy atom. The van der Waals surface area contributed by atoms with Crippen molar-refractivity contribution in [2.75, 3.05) is 0 Å². The summed E-state index contributed by atoms with van der Waals surface area (Å²) in [6.07, 6.45) is 0. The molecule has 0 aromatic rings. The van der Waals surface area contributed by atoms with Gasteiger partial charge in [0.1, 0.15) is 0 Å². The first-order valence-corrected chi connectivity index (χ1v) is 0. The molecule has 0 atom stereocenters. The first-order valence-electron chi connectivity index (χ1n) is 0. The van der Waals surface area contributed by atoms with Gasteiger partial charge in [0.2, 0.25) is 0 Å². The average Bonchev–Trinajstić information content (AvgIpc) is 0. The summed E-state index contributed by atoms with van der Waals surface area (Å²) in [7, 11) is 0. The number of hydrogen-bond acceptors (Lipinski definition) is 0. The molecule has 0 aliphatic rings. The van der Waals surface area contributed by atoms with Crippen LogP contribution in [0.2, 0.25) is 0 Å². The van der Waals surface area contributed by atoms with E-state index >= 15 is 0 Å². The van der Waals surface area contributed by atoms with Gasteiger partial charge in [-0.25, -0.2) is 0 Å². The molecule has 0 aromatic carbocycles. The molecule has 0 nitrogen and oxygen atoms in total. The second-order valence-corrected chi connectivity index (χ2v) is 0. The molecule has 10 heavy (non-hydrogen) atoms. The smallest absolute Gasteiger partial charge is 1.00 e. The fraction of sp³-hybridized carbons (Fsp3) is 0. The van der Waals surface area contributed by atoms with Crippen LogP contribution in [-0.4, -0.2) is 0 Å². The van der Waals surface area contributed by atoms with E-state index in [1.54, 1.807) is 0 Å². The van der Waals surface area contributed by atoms with Crippen molar-refractivity contribution < 1.29 is 276 Å². The van der Waals surface area contributed by atoms with Crippen LogP contribution in [0, 0.1) is 0 Å². The van der Waals surface area contributed by atoms with Gasteiger partial charge < -0.3 is 102 Å². The molecule has 54 valence electrons.